The lowest BCUT2D eigenvalue weighted by Gasteiger charge is -2.21. The maximum Gasteiger partial charge on any atom is 0.435 e. The largest absolute Gasteiger partial charge is 0.435 e. The lowest BCUT2D eigenvalue weighted by Crippen LogP contribution is -2.34. The number of hydrogen-bond acceptors (Lipinski definition) is 3. The number of carbonyl (C=O) groups is 1. The molecule has 0 saturated carbocycles. The van der Waals surface area contributed by atoms with Crippen molar-refractivity contribution in [1.29, 1.82) is 0 Å². The van der Waals surface area contributed by atoms with Crippen molar-refractivity contribution >= 4 is 17.2 Å². The van der Waals surface area contributed by atoms with Gasteiger partial charge in [-0.2, -0.15) is 18.3 Å². The third-order valence-corrected chi connectivity index (χ3v) is 4.02. The summed E-state index contributed by atoms with van der Waals surface area (Å²) in [6.07, 6.45) is -3.35. The number of alkyl halides is 3. The molecule has 2 rings (SSSR count). The maximum absolute atomic E-state index is 12.5. The van der Waals surface area contributed by atoms with Gasteiger partial charge in [0.05, 0.1) is 6.04 Å². The predicted octanol–water partition coefficient (Wildman–Crippen LogP) is 3.48. The Morgan fingerprint density at radius 3 is 2.64 bits per heavy atom. The zero-order valence-electron chi connectivity index (χ0n) is 12.1. The maximum atomic E-state index is 12.5. The van der Waals surface area contributed by atoms with Crippen LogP contribution in [0.15, 0.2) is 29.8 Å². The van der Waals surface area contributed by atoms with Gasteiger partial charge >= 0.3 is 6.18 Å². The first-order valence-corrected chi connectivity index (χ1v) is 7.58. The number of nitrogens with one attached hydrogen (secondary N) is 1. The lowest BCUT2D eigenvalue weighted by molar-refractivity contribution is -0.141. The first-order chi connectivity index (χ1) is 10.3. The number of nitrogens with zero attached hydrogens (tertiary/aromatic N) is 2. The van der Waals surface area contributed by atoms with Crippen molar-refractivity contribution in [3.05, 3.63) is 40.3 Å². The number of thiophene rings is 1. The van der Waals surface area contributed by atoms with Crippen LogP contribution in [0.5, 0.6) is 0 Å². The summed E-state index contributed by atoms with van der Waals surface area (Å²) in [5, 5.41) is 8.13. The van der Waals surface area contributed by atoms with Crippen molar-refractivity contribution in [1.82, 2.24) is 15.1 Å². The molecule has 0 unspecified atom stereocenters. The topological polar surface area (TPSA) is 46.9 Å². The van der Waals surface area contributed by atoms with Gasteiger partial charge < -0.3 is 5.32 Å². The molecule has 0 aliphatic heterocycles. The zero-order valence-corrected chi connectivity index (χ0v) is 12.9. The molecule has 2 aromatic heterocycles. The third-order valence-electron chi connectivity index (χ3n) is 3.07. The van der Waals surface area contributed by atoms with Gasteiger partial charge in [-0.3, -0.25) is 9.48 Å². The van der Waals surface area contributed by atoms with Gasteiger partial charge in [0, 0.05) is 11.1 Å². The van der Waals surface area contributed by atoms with Crippen molar-refractivity contribution in [3.8, 4) is 0 Å². The summed E-state index contributed by atoms with van der Waals surface area (Å²) in [5.74, 6) is -0.199. The smallest absolute Gasteiger partial charge is 0.347 e. The van der Waals surface area contributed by atoms with Gasteiger partial charge in [0.2, 0.25) is 5.91 Å². The van der Waals surface area contributed by atoms with E-state index in [9.17, 15) is 18.0 Å². The summed E-state index contributed by atoms with van der Waals surface area (Å²) in [4.78, 5) is 13.0. The highest BCUT2D eigenvalue weighted by molar-refractivity contribution is 7.10. The summed E-state index contributed by atoms with van der Waals surface area (Å²) in [6, 6.07) is 4.51. The summed E-state index contributed by atoms with van der Waals surface area (Å²) < 4.78 is 38.4. The first kappa shape index (κ1) is 16.5. The zero-order chi connectivity index (χ0) is 16.3. The number of hydrogen-bond donors (Lipinski definition) is 1. The van der Waals surface area contributed by atoms with Crippen LogP contribution < -0.4 is 5.32 Å². The third kappa shape index (κ3) is 4.09. The van der Waals surface area contributed by atoms with Gasteiger partial charge in [-0.15, -0.1) is 11.3 Å². The van der Waals surface area contributed by atoms with E-state index in [0.29, 0.717) is 0 Å². The van der Waals surface area contributed by atoms with Crippen molar-refractivity contribution in [2.24, 2.45) is 5.92 Å². The fourth-order valence-corrected chi connectivity index (χ4v) is 2.95. The quantitative estimate of drug-likeness (QED) is 0.912. The molecule has 4 nitrogen and oxygen atoms in total. The molecular weight excluding hydrogens is 315 g/mol. The normalized spacial score (nSPS) is 13.4. The van der Waals surface area contributed by atoms with E-state index < -0.39 is 11.9 Å². The number of amides is 1. The minimum Gasteiger partial charge on any atom is -0.347 e. The van der Waals surface area contributed by atoms with Crippen LogP contribution in [0.25, 0.3) is 0 Å². The van der Waals surface area contributed by atoms with Gasteiger partial charge in [0.15, 0.2) is 5.69 Å². The monoisotopic (exact) mass is 331 g/mol. The summed E-state index contributed by atoms with van der Waals surface area (Å²) in [7, 11) is 0. The van der Waals surface area contributed by atoms with Crippen LogP contribution in [-0.4, -0.2) is 15.7 Å². The Hall–Kier alpha value is -1.83. The molecule has 0 aromatic carbocycles. The second kappa shape index (κ2) is 6.51. The highest BCUT2D eigenvalue weighted by Gasteiger charge is 2.33. The molecule has 2 aromatic rings. The molecule has 0 saturated heterocycles. The molecule has 2 heterocycles. The van der Waals surface area contributed by atoms with Crippen LogP contribution in [0.3, 0.4) is 0 Å². The number of aromatic nitrogens is 2. The second-order valence-corrected chi connectivity index (χ2v) is 6.18. The molecule has 0 bridgehead atoms. The molecule has 1 atom stereocenters. The molecule has 22 heavy (non-hydrogen) atoms. The Bertz CT molecular complexity index is 620. The van der Waals surface area contributed by atoms with Crippen LogP contribution in [-0.2, 0) is 17.5 Å². The minimum atomic E-state index is -4.50. The van der Waals surface area contributed by atoms with Gasteiger partial charge in [-0.05, 0) is 23.4 Å². The van der Waals surface area contributed by atoms with Crippen LogP contribution >= 0.6 is 11.3 Å². The number of halogens is 3. The Morgan fingerprint density at radius 1 is 1.41 bits per heavy atom. The first-order valence-electron chi connectivity index (χ1n) is 6.71. The van der Waals surface area contributed by atoms with Crippen molar-refractivity contribution in [3.63, 3.8) is 0 Å². The van der Waals surface area contributed by atoms with E-state index in [4.69, 9.17) is 0 Å². The van der Waals surface area contributed by atoms with Gasteiger partial charge in [-0.25, -0.2) is 0 Å². The molecule has 0 aliphatic rings. The standard InChI is InChI=1S/C14H16F3N3OS/c1-9(2)13(10-4-3-7-22-10)18-12(21)8-20-6-5-11(19-20)14(15,16)17/h3-7,9,13H,8H2,1-2H3,(H,18,21)/t13-/m1/s1. The van der Waals surface area contributed by atoms with Crippen molar-refractivity contribution in [2.75, 3.05) is 0 Å². The fraction of sp³-hybridized carbons (Fsp3) is 0.429. The number of rotatable bonds is 5. The van der Waals surface area contributed by atoms with Gasteiger partial charge in [-0.1, -0.05) is 19.9 Å². The average Bonchev–Trinajstić information content (AvgIpc) is 3.05. The van der Waals surface area contributed by atoms with E-state index in [-0.39, 0.29) is 24.4 Å². The molecule has 120 valence electrons. The number of carbonyl (C=O) groups excluding carboxylic acids is 1. The highest BCUT2D eigenvalue weighted by atomic mass is 32.1. The lowest BCUT2D eigenvalue weighted by atomic mass is 10.0. The Balaban J connectivity index is 2.01. The van der Waals surface area contributed by atoms with Crippen LogP contribution in [0, 0.1) is 5.92 Å². The van der Waals surface area contributed by atoms with E-state index in [2.05, 4.69) is 10.4 Å². The summed E-state index contributed by atoms with van der Waals surface area (Å²) in [5.41, 5.74) is -1.00. The Morgan fingerprint density at radius 2 is 2.14 bits per heavy atom. The van der Waals surface area contributed by atoms with E-state index in [1.165, 1.54) is 11.3 Å². The van der Waals surface area contributed by atoms with E-state index >= 15 is 0 Å². The average molecular weight is 331 g/mol. The van der Waals surface area contributed by atoms with E-state index in [1.54, 1.807) is 0 Å². The second-order valence-electron chi connectivity index (χ2n) is 5.20. The fourth-order valence-electron chi connectivity index (χ4n) is 2.00. The highest BCUT2D eigenvalue weighted by Crippen LogP contribution is 2.27. The molecule has 0 radical (unpaired) electrons. The molecule has 1 amide bonds. The Kier molecular flexibility index (Phi) is 4.90. The summed E-state index contributed by atoms with van der Waals surface area (Å²) in [6.45, 7) is 3.70. The van der Waals surface area contributed by atoms with Gasteiger partial charge in [0.1, 0.15) is 6.54 Å². The Labute approximate surface area is 129 Å². The van der Waals surface area contributed by atoms with Crippen molar-refractivity contribution < 1.29 is 18.0 Å². The van der Waals surface area contributed by atoms with Crippen molar-refractivity contribution in [2.45, 2.75) is 32.6 Å². The van der Waals surface area contributed by atoms with E-state index in [1.807, 2.05) is 31.4 Å². The predicted molar refractivity (Wildman–Crippen MR) is 77.3 cm³/mol. The van der Waals surface area contributed by atoms with Crippen LogP contribution in [0.4, 0.5) is 13.2 Å². The minimum absolute atomic E-state index is 0.162. The van der Waals surface area contributed by atoms with Crippen LogP contribution in [0.2, 0.25) is 0 Å². The molecule has 8 heteroatoms. The van der Waals surface area contributed by atoms with E-state index in [0.717, 1.165) is 21.8 Å². The molecule has 0 spiro atoms. The molecule has 0 aliphatic carbocycles. The molecule has 0 fully saturated rings. The van der Waals surface area contributed by atoms with Crippen LogP contribution in [0.1, 0.15) is 30.5 Å². The SMILES string of the molecule is CC(C)[C@@H](NC(=O)Cn1ccc(C(F)(F)F)n1)c1cccs1. The van der Waals surface area contributed by atoms with Gasteiger partial charge in [0.25, 0.3) is 0 Å². The molecule has 1 N–H and O–H groups in total. The molecular formula is C14H16F3N3OS. The summed E-state index contributed by atoms with van der Waals surface area (Å²) >= 11 is 1.53.